The Balaban J connectivity index is 1.45. The second-order valence-electron chi connectivity index (χ2n) is 8.11. The summed E-state index contributed by atoms with van der Waals surface area (Å²) in [4.78, 5) is 3.46. The highest BCUT2D eigenvalue weighted by molar-refractivity contribution is 5.62. The SMILES string of the molecule is CCCCC[C@H]1CC[C@H](CCc2ccc(-c3cnc(F)c(F)c3)cc2)CC1. The fourth-order valence-electron chi connectivity index (χ4n) is 4.31. The van der Waals surface area contributed by atoms with Crippen LogP contribution in [0.25, 0.3) is 11.1 Å². The van der Waals surface area contributed by atoms with Crippen LogP contribution >= 0.6 is 0 Å². The molecule has 2 aromatic rings. The molecule has 0 spiro atoms. The van der Waals surface area contributed by atoms with E-state index in [-0.39, 0.29) is 0 Å². The molecular weight excluding hydrogens is 340 g/mol. The minimum absolute atomic E-state index is 0.613. The van der Waals surface area contributed by atoms with Crippen LogP contribution in [0.5, 0.6) is 0 Å². The predicted octanol–water partition coefficient (Wildman–Crippen LogP) is 7.35. The Morgan fingerprint density at radius 3 is 2.19 bits per heavy atom. The fourth-order valence-corrected chi connectivity index (χ4v) is 4.31. The number of rotatable bonds is 8. The van der Waals surface area contributed by atoms with Crippen LogP contribution in [0.2, 0.25) is 0 Å². The van der Waals surface area contributed by atoms with E-state index in [0.29, 0.717) is 5.56 Å². The minimum atomic E-state index is -1.05. The first kappa shape index (κ1) is 20.0. The van der Waals surface area contributed by atoms with E-state index in [0.717, 1.165) is 23.8 Å². The molecule has 1 aromatic heterocycles. The number of nitrogens with zero attached hydrogens (tertiary/aromatic N) is 1. The molecule has 1 aliphatic carbocycles. The van der Waals surface area contributed by atoms with Crippen LogP contribution in [0.4, 0.5) is 8.78 Å². The number of pyridine rings is 1. The van der Waals surface area contributed by atoms with Crippen LogP contribution in [-0.4, -0.2) is 4.98 Å². The Bertz CT molecular complexity index is 703. The topological polar surface area (TPSA) is 12.9 Å². The van der Waals surface area contributed by atoms with Crippen LogP contribution in [0, 0.1) is 23.6 Å². The second-order valence-corrected chi connectivity index (χ2v) is 8.11. The normalized spacial score (nSPS) is 20.0. The molecule has 1 heterocycles. The zero-order valence-electron chi connectivity index (χ0n) is 16.4. The maximum absolute atomic E-state index is 13.3. The van der Waals surface area contributed by atoms with Crippen LogP contribution < -0.4 is 0 Å². The van der Waals surface area contributed by atoms with Gasteiger partial charge in [0.05, 0.1) is 0 Å². The molecule has 1 aliphatic rings. The van der Waals surface area contributed by atoms with Crippen LogP contribution in [0.1, 0.15) is 70.3 Å². The lowest BCUT2D eigenvalue weighted by Crippen LogP contribution is -2.15. The third-order valence-electron chi connectivity index (χ3n) is 6.11. The molecule has 1 saturated carbocycles. The highest BCUT2D eigenvalue weighted by atomic mass is 19.2. The molecule has 0 radical (unpaired) electrons. The summed E-state index contributed by atoms with van der Waals surface area (Å²) in [5.74, 6) is -0.114. The summed E-state index contributed by atoms with van der Waals surface area (Å²) in [5, 5.41) is 0. The monoisotopic (exact) mass is 371 g/mol. The molecule has 1 nitrogen and oxygen atoms in total. The number of hydrogen-bond donors (Lipinski definition) is 0. The number of halogens is 2. The largest absolute Gasteiger partial charge is 0.248 e. The maximum Gasteiger partial charge on any atom is 0.248 e. The second kappa shape index (κ2) is 9.96. The van der Waals surface area contributed by atoms with Gasteiger partial charge in [-0.05, 0) is 41.9 Å². The summed E-state index contributed by atoms with van der Waals surface area (Å²) >= 11 is 0. The highest BCUT2D eigenvalue weighted by Crippen LogP contribution is 2.34. The summed E-state index contributed by atoms with van der Waals surface area (Å²) in [5.41, 5.74) is 2.80. The zero-order chi connectivity index (χ0) is 19.1. The van der Waals surface area contributed by atoms with Crippen molar-refractivity contribution in [1.82, 2.24) is 4.98 Å². The van der Waals surface area contributed by atoms with Gasteiger partial charge in [0.1, 0.15) is 0 Å². The molecule has 1 fully saturated rings. The van der Waals surface area contributed by atoms with E-state index in [1.54, 1.807) is 0 Å². The summed E-state index contributed by atoms with van der Waals surface area (Å²) in [7, 11) is 0. The van der Waals surface area contributed by atoms with Gasteiger partial charge in [0.25, 0.3) is 0 Å². The van der Waals surface area contributed by atoms with Crippen molar-refractivity contribution in [2.24, 2.45) is 11.8 Å². The van der Waals surface area contributed by atoms with Gasteiger partial charge < -0.3 is 0 Å². The average molecular weight is 372 g/mol. The van der Waals surface area contributed by atoms with E-state index in [1.165, 1.54) is 75.6 Å². The van der Waals surface area contributed by atoms with E-state index in [2.05, 4.69) is 24.0 Å². The molecule has 0 amide bonds. The van der Waals surface area contributed by atoms with Crippen LogP contribution in [0.3, 0.4) is 0 Å². The van der Waals surface area contributed by atoms with Crippen LogP contribution in [-0.2, 0) is 6.42 Å². The van der Waals surface area contributed by atoms with Crippen molar-refractivity contribution in [1.29, 1.82) is 0 Å². The maximum atomic E-state index is 13.3. The Kier molecular flexibility index (Phi) is 7.37. The van der Waals surface area contributed by atoms with Crippen LogP contribution in [0.15, 0.2) is 36.5 Å². The lowest BCUT2D eigenvalue weighted by molar-refractivity contribution is 0.249. The number of unbranched alkanes of at least 4 members (excludes halogenated alkanes) is 2. The Hall–Kier alpha value is -1.77. The Morgan fingerprint density at radius 2 is 1.56 bits per heavy atom. The van der Waals surface area contributed by atoms with Gasteiger partial charge in [0.15, 0.2) is 5.82 Å². The average Bonchev–Trinajstić information content (AvgIpc) is 2.70. The highest BCUT2D eigenvalue weighted by Gasteiger charge is 2.20. The summed E-state index contributed by atoms with van der Waals surface area (Å²) in [6.45, 7) is 2.28. The Labute approximate surface area is 162 Å². The van der Waals surface area contributed by atoms with E-state index in [1.807, 2.05) is 12.1 Å². The number of aromatic nitrogens is 1. The van der Waals surface area contributed by atoms with Crippen molar-refractivity contribution in [3.05, 3.63) is 53.9 Å². The third kappa shape index (κ3) is 5.85. The van der Waals surface area contributed by atoms with Gasteiger partial charge in [-0.3, -0.25) is 0 Å². The van der Waals surface area contributed by atoms with Crippen molar-refractivity contribution in [3.8, 4) is 11.1 Å². The first-order valence-electron chi connectivity index (χ1n) is 10.6. The van der Waals surface area contributed by atoms with Gasteiger partial charge in [-0.25, -0.2) is 9.37 Å². The van der Waals surface area contributed by atoms with Gasteiger partial charge in [0.2, 0.25) is 5.95 Å². The number of benzene rings is 1. The van der Waals surface area contributed by atoms with Crippen molar-refractivity contribution < 1.29 is 8.78 Å². The van der Waals surface area contributed by atoms with Crippen molar-refractivity contribution in [2.45, 2.75) is 71.1 Å². The molecule has 0 unspecified atom stereocenters. The first-order chi connectivity index (χ1) is 13.2. The molecule has 0 bridgehead atoms. The smallest absolute Gasteiger partial charge is 0.225 e. The molecule has 27 heavy (non-hydrogen) atoms. The first-order valence-corrected chi connectivity index (χ1v) is 10.6. The molecule has 0 atom stereocenters. The third-order valence-corrected chi connectivity index (χ3v) is 6.11. The van der Waals surface area contributed by atoms with E-state index in [4.69, 9.17) is 0 Å². The minimum Gasteiger partial charge on any atom is -0.225 e. The van der Waals surface area contributed by atoms with E-state index < -0.39 is 11.8 Å². The standard InChI is InChI=1S/C24H31F2N/c1-2-3-4-5-18-6-8-19(9-7-18)10-11-20-12-14-21(15-13-20)22-16-23(25)24(26)27-17-22/h12-19H,2-11H2,1H3/t18-,19-. The van der Waals surface area contributed by atoms with Crippen molar-refractivity contribution in [2.75, 3.05) is 0 Å². The van der Waals surface area contributed by atoms with E-state index in [9.17, 15) is 8.78 Å². The van der Waals surface area contributed by atoms with E-state index >= 15 is 0 Å². The Morgan fingerprint density at radius 1 is 0.889 bits per heavy atom. The number of hydrogen-bond acceptors (Lipinski definition) is 1. The molecule has 1 aromatic carbocycles. The summed E-state index contributed by atoms with van der Waals surface area (Å²) < 4.78 is 26.3. The fraction of sp³-hybridized carbons (Fsp3) is 0.542. The summed E-state index contributed by atoms with van der Waals surface area (Å²) in [6, 6.07) is 9.37. The zero-order valence-corrected chi connectivity index (χ0v) is 16.4. The molecule has 3 heteroatoms. The molecule has 146 valence electrons. The molecule has 0 N–H and O–H groups in total. The van der Waals surface area contributed by atoms with Gasteiger partial charge in [-0.1, -0.05) is 82.6 Å². The predicted molar refractivity (Wildman–Crippen MR) is 108 cm³/mol. The molecule has 3 rings (SSSR count). The van der Waals surface area contributed by atoms with Crippen molar-refractivity contribution in [3.63, 3.8) is 0 Å². The van der Waals surface area contributed by atoms with Gasteiger partial charge in [-0.2, -0.15) is 4.39 Å². The number of aryl methyl sites for hydroxylation is 1. The van der Waals surface area contributed by atoms with Gasteiger partial charge in [0, 0.05) is 11.8 Å². The summed E-state index contributed by atoms with van der Waals surface area (Å²) in [6.07, 6.45) is 14.9. The van der Waals surface area contributed by atoms with Crippen molar-refractivity contribution >= 4 is 0 Å². The lowest BCUT2D eigenvalue weighted by Gasteiger charge is -2.28. The lowest BCUT2D eigenvalue weighted by atomic mass is 9.78. The molecule has 0 aliphatic heterocycles. The van der Waals surface area contributed by atoms with Gasteiger partial charge in [-0.15, -0.1) is 0 Å². The molecule has 0 saturated heterocycles. The van der Waals surface area contributed by atoms with Gasteiger partial charge >= 0.3 is 0 Å². The quantitative estimate of drug-likeness (QED) is 0.349. The molecular formula is C24H31F2N.